The summed E-state index contributed by atoms with van der Waals surface area (Å²) in [6.07, 6.45) is -0.812. The molecule has 0 heterocycles. The van der Waals surface area contributed by atoms with Gasteiger partial charge in [-0.25, -0.2) is 0 Å². The molecule has 2 atom stereocenters. The summed E-state index contributed by atoms with van der Waals surface area (Å²) in [6, 6.07) is 2.58. The first kappa shape index (κ1) is 25.5. The van der Waals surface area contributed by atoms with Crippen LogP contribution in [-0.2, 0) is 9.47 Å². The molecule has 0 spiro atoms. The van der Waals surface area contributed by atoms with Crippen molar-refractivity contribution in [1.82, 2.24) is 4.90 Å². The highest BCUT2D eigenvalue weighted by Crippen LogP contribution is 2.28. The van der Waals surface area contributed by atoms with Crippen LogP contribution in [0.2, 0.25) is 0 Å². The number of halogens is 3. The van der Waals surface area contributed by atoms with Gasteiger partial charge in [0, 0.05) is 19.2 Å². The van der Waals surface area contributed by atoms with Gasteiger partial charge in [-0.1, -0.05) is 12.7 Å². The van der Waals surface area contributed by atoms with E-state index in [0.717, 1.165) is 23.1 Å². The molecule has 1 aliphatic carbocycles. The lowest BCUT2D eigenvalue weighted by atomic mass is 10.0. The Balaban J connectivity index is 2.14. The second-order valence-electron chi connectivity index (χ2n) is 7.34. The Morgan fingerprint density at radius 1 is 1.24 bits per heavy atom. The van der Waals surface area contributed by atoms with Gasteiger partial charge in [-0.2, -0.15) is 0 Å². The number of likely N-dealkylation sites (N-methyl/N-ethyl adjacent to an activating group) is 1. The number of benzene rings is 1. The molecule has 1 aromatic carbocycles. The summed E-state index contributed by atoms with van der Waals surface area (Å²) in [5, 5.41) is 22.1. The summed E-state index contributed by atoms with van der Waals surface area (Å²) in [7, 11) is 1.36. The fourth-order valence-corrected chi connectivity index (χ4v) is 3.02. The van der Waals surface area contributed by atoms with E-state index in [-0.39, 0.29) is 24.3 Å². The number of nitro benzene ring substituents is 2. The van der Waals surface area contributed by atoms with Gasteiger partial charge in [-0.15, -0.1) is 13.2 Å². The van der Waals surface area contributed by atoms with E-state index in [1.165, 1.54) is 31.4 Å². The van der Waals surface area contributed by atoms with E-state index < -0.39 is 45.2 Å². The maximum absolute atomic E-state index is 12.8. The van der Waals surface area contributed by atoms with Gasteiger partial charge in [0.2, 0.25) is 0 Å². The van der Waals surface area contributed by atoms with E-state index in [9.17, 15) is 38.2 Å². The molecule has 0 aromatic heterocycles. The number of nitro groups is 2. The Kier molecular flexibility index (Phi) is 7.59. The standard InChI is InChI=1S/C20H20F3N3O7/c1-4-19(2,32-16-5-7-17(8-6-16)33-20(21,22)23)12-24(3)18(27)13-9-14(25(28)29)11-15(10-13)26(30)31/h4-7,9-11,17H,1,8,12H2,2-3H3. The summed E-state index contributed by atoms with van der Waals surface area (Å²) in [6.45, 7) is 5.09. The van der Waals surface area contributed by atoms with Crippen molar-refractivity contribution in [1.29, 1.82) is 0 Å². The lowest BCUT2D eigenvalue weighted by Crippen LogP contribution is -2.42. The van der Waals surface area contributed by atoms with Crippen LogP contribution >= 0.6 is 0 Å². The van der Waals surface area contributed by atoms with Crippen LogP contribution in [-0.4, -0.2) is 52.3 Å². The van der Waals surface area contributed by atoms with Gasteiger partial charge < -0.3 is 9.64 Å². The number of ether oxygens (including phenoxy) is 2. The molecule has 0 saturated heterocycles. The molecule has 1 aromatic rings. The Morgan fingerprint density at radius 3 is 2.24 bits per heavy atom. The van der Waals surface area contributed by atoms with Gasteiger partial charge in [0.05, 0.1) is 34.1 Å². The van der Waals surface area contributed by atoms with Gasteiger partial charge in [0.25, 0.3) is 17.3 Å². The van der Waals surface area contributed by atoms with Crippen molar-refractivity contribution in [2.24, 2.45) is 0 Å². The van der Waals surface area contributed by atoms with Crippen LogP contribution in [0.15, 0.2) is 54.8 Å². The Morgan fingerprint density at radius 2 is 1.82 bits per heavy atom. The van der Waals surface area contributed by atoms with Crippen molar-refractivity contribution in [2.75, 3.05) is 13.6 Å². The fourth-order valence-electron chi connectivity index (χ4n) is 3.02. The molecule has 178 valence electrons. The zero-order valence-corrected chi connectivity index (χ0v) is 17.6. The molecular weight excluding hydrogens is 451 g/mol. The monoisotopic (exact) mass is 471 g/mol. The van der Waals surface area contributed by atoms with Crippen molar-refractivity contribution in [3.05, 3.63) is 80.6 Å². The highest BCUT2D eigenvalue weighted by molar-refractivity contribution is 5.95. The van der Waals surface area contributed by atoms with E-state index in [0.29, 0.717) is 0 Å². The average Bonchev–Trinajstić information content (AvgIpc) is 2.73. The third kappa shape index (κ3) is 7.14. The van der Waals surface area contributed by atoms with E-state index in [1.807, 2.05) is 0 Å². The van der Waals surface area contributed by atoms with E-state index in [2.05, 4.69) is 11.3 Å². The molecule has 1 aliphatic rings. The summed E-state index contributed by atoms with van der Waals surface area (Å²) in [5.41, 5.74) is -2.70. The average molecular weight is 471 g/mol. The van der Waals surface area contributed by atoms with E-state index >= 15 is 0 Å². The van der Waals surface area contributed by atoms with Crippen molar-refractivity contribution >= 4 is 17.3 Å². The van der Waals surface area contributed by atoms with Crippen molar-refractivity contribution in [3.63, 3.8) is 0 Å². The minimum atomic E-state index is -4.78. The summed E-state index contributed by atoms with van der Waals surface area (Å²) in [4.78, 5) is 34.3. The van der Waals surface area contributed by atoms with Gasteiger partial charge in [0.15, 0.2) is 0 Å². The van der Waals surface area contributed by atoms with Crippen LogP contribution in [0.25, 0.3) is 0 Å². The van der Waals surface area contributed by atoms with Gasteiger partial charge >= 0.3 is 6.36 Å². The second kappa shape index (κ2) is 9.81. The predicted molar refractivity (Wildman–Crippen MR) is 109 cm³/mol. The number of non-ortho nitro benzene ring substituents is 2. The first-order chi connectivity index (χ1) is 15.2. The summed E-state index contributed by atoms with van der Waals surface area (Å²) < 4.78 is 46.7. The number of carbonyl (C=O) groups excluding carboxylic acids is 1. The Labute approximate surface area is 185 Å². The zero-order chi connectivity index (χ0) is 25.0. The van der Waals surface area contributed by atoms with Crippen LogP contribution in [0.4, 0.5) is 24.5 Å². The maximum atomic E-state index is 12.8. The molecule has 0 fully saturated rings. The number of hydrogen-bond donors (Lipinski definition) is 0. The lowest BCUT2D eigenvalue weighted by Gasteiger charge is -2.33. The summed E-state index contributed by atoms with van der Waals surface area (Å²) in [5.74, 6) is -0.517. The number of allylic oxidation sites excluding steroid dienone is 1. The first-order valence-electron chi connectivity index (χ1n) is 9.38. The topological polar surface area (TPSA) is 125 Å². The SMILES string of the molecule is C=CC(C)(CN(C)C(=O)c1cc([N+](=O)[O-])cc([N+](=O)[O-])c1)OC1=CCC(OC(F)(F)F)C=C1. The molecule has 0 radical (unpaired) electrons. The molecule has 0 N–H and O–H groups in total. The maximum Gasteiger partial charge on any atom is 0.523 e. The molecule has 33 heavy (non-hydrogen) atoms. The number of hydrogen-bond acceptors (Lipinski definition) is 7. The van der Waals surface area contributed by atoms with E-state index in [4.69, 9.17) is 4.74 Å². The number of amides is 1. The van der Waals surface area contributed by atoms with Crippen molar-refractivity contribution in [3.8, 4) is 0 Å². The minimum Gasteiger partial charge on any atom is -0.482 e. The second-order valence-corrected chi connectivity index (χ2v) is 7.34. The van der Waals surface area contributed by atoms with Gasteiger partial charge in [-0.05, 0) is 31.6 Å². The minimum absolute atomic E-state index is 0.0926. The lowest BCUT2D eigenvalue weighted by molar-refractivity contribution is -0.394. The zero-order valence-electron chi connectivity index (χ0n) is 17.6. The molecule has 10 nitrogen and oxygen atoms in total. The third-order valence-electron chi connectivity index (χ3n) is 4.56. The molecule has 13 heteroatoms. The quantitative estimate of drug-likeness (QED) is 0.299. The van der Waals surface area contributed by atoms with Crippen molar-refractivity contribution < 1.29 is 37.3 Å². The van der Waals surface area contributed by atoms with Gasteiger partial charge in [0.1, 0.15) is 11.4 Å². The van der Waals surface area contributed by atoms with E-state index in [1.54, 1.807) is 6.92 Å². The number of rotatable bonds is 9. The first-order valence-corrected chi connectivity index (χ1v) is 9.38. The van der Waals surface area contributed by atoms with Crippen LogP contribution in [0.3, 0.4) is 0 Å². The summed E-state index contributed by atoms with van der Waals surface area (Å²) >= 11 is 0. The predicted octanol–water partition coefficient (Wildman–Crippen LogP) is 4.29. The Bertz CT molecular complexity index is 990. The smallest absolute Gasteiger partial charge is 0.482 e. The molecule has 2 rings (SSSR count). The highest BCUT2D eigenvalue weighted by atomic mass is 19.4. The van der Waals surface area contributed by atoms with Gasteiger partial charge in [-0.3, -0.25) is 29.8 Å². The Hall–Kier alpha value is -3.74. The van der Waals surface area contributed by atoms with Crippen LogP contribution in [0.1, 0.15) is 23.7 Å². The number of alkyl halides is 3. The van der Waals surface area contributed by atoms with Crippen molar-refractivity contribution in [2.45, 2.75) is 31.4 Å². The largest absolute Gasteiger partial charge is 0.523 e. The molecule has 1 amide bonds. The fraction of sp³-hybridized carbons (Fsp3) is 0.350. The normalized spacial score (nSPS) is 17.5. The highest BCUT2D eigenvalue weighted by Gasteiger charge is 2.34. The van der Waals surface area contributed by atoms with Crippen LogP contribution in [0, 0.1) is 20.2 Å². The number of nitrogens with zero attached hydrogens (tertiary/aromatic N) is 3. The molecule has 0 aliphatic heterocycles. The molecule has 0 saturated carbocycles. The van der Waals surface area contributed by atoms with Crippen LogP contribution < -0.4 is 0 Å². The molecular formula is C20H20F3N3O7. The molecule has 2 unspecified atom stereocenters. The van der Waals surface area contributed by atoms with Crippen LogP contribution in [0.5, 0.6) is 0 Å². The molecule has 0 bridgehead atoms. The third-order valence-corrected chi connectivity index (χ3v) is 4.56. The number of carbonyl (C=O) groups is 1.